The zero-order chi connectivity index (χ0) is 18.8. The molecule has 0 N–H and O–H groups in total. The van der Waals surface area contributed by atoms with Gasteiger partial charge < -0.3 is 18.8 Å². The summed E-state index contributed by atoms with van der Waals surface area (Å²) in [5.74, 6) is -2.10. The zero-order valence-electron chi connectivity index (χ0n) is 14.1. The summed E-state index contributed by atoms with van der Waals surface area (Å²) in [4.78, 5) is 20.9. The van der Waals surface area contributed by atoms with Crippen LogP contribution in [0.3, 0.4) is 0 Å². The van der Waals surface area contributed by atoms with E-state index in [1.54, 1.807) is 4.90 Å². The number of amidine groups is 1. The van der Waals surface area contributed by atoms with Crippen LogP contribution in [0.25, 0.3) is 0 Å². The Morgan fingerprint density at radius 1 is 1.31 bits per heavy atom. The highest BCUT2D eigenvalue weighted by Gasteiger charge is 2.65. The van der Waals surface area contributed by atoms with E-state index < -0.39 is 23.7 Å². The highest BCUT2D eigenvalue weighted by molar-refractivity contribution is 6.04. The second-order valence-electron chi connectivity index (χ2n) is 5.83. The van der Waals surface area contributed by atoms with Gasteiger partial charge in [0.05, 0.1) is 12.9 Å². The number of ether oxygens (including phenoxy) is 2. The number of carbonyl (C=O) groups excluding carboxylic acids is 1. The van der Waals surface area contributed by atoms with Crippen molar-refractivity contribution in [2.45, 2.75) is 38.0 Å². The molecule has 10 heteroatoms. The average molecular weight is 373 g/mol. The van der Waals surface area contributed by atoms with Crippen LogP contribution in [-0.4, -0.2) is 54.3 Å². The number of hydrogen-bond donors (Lipinski definition) is 0. The lowest BCUT2D eigenvalue weighted by atomic mass is 10.1. The molecule has 0 aromatic carbocycles. The fraction of sp³-hybridized carbons (Fsp3) is 0.562. The van der Waals surface area contributed by atoms with Crippen LogP contribution in [0.15, 0.2) is 32.8 Å². The van der Waals surface area contributed by atoms with Crippen LogP contribution in [0.1, 0.15) is 31.9 Å². The average Bonchev–Trinajstić information content (AvgIpc) is 3.16. The van der Waals surface area contributed by atoms with Crippen molar-refractivity contribution in [1.82, 2.24) is 4.90 Å². The number of nitrogens with zero attached hydrogens (tertiary/aromatic N) is 3. The molecule has 0 amide bonds. The van der Waals surface area contributed by atoms with Crippen molar-refractivity contribution in [2.75, 3.05) is 19.7 Å². The molecule has 2 aliphatic heterocycles. The maximum Gasteiger partial charge on any atom is 0.446 e. The van der Waals surface area contributed by atoms with Crippen LogP contribution < -0.4 is 0 Å². The van der Waals surface area contributed by atoms with Crippen molar-refractivity contribution in [2.24, 2.45) is 9.98 Å². The third-order valence-electron chi connectivity index (χ3n) is 4.02. The monoisotopic (exact) mass is 373 g/mol. The van der Waals surface area contributed by atoms with Crippen LogP contribution in [0, 0.1) is 0 Å². The van der Waals surface area contributed by atoms with E-state index in [2.05, 4.69) is 14.7 Å². The van der Waals surface area contributed by atoms with Gasteiger partial charge >= 0.3 is 17.8 Å². The number of likely N-dealkylation sites (tertiary alicyclic amines) is 1. The number of piperidine rings is 1. The highest BCUT2D eigenvalue weighted by atomic mass is 19.4. The molecular formula is C16H18F3N3O4. The van der Waals surface area contributed by atoms with Gasteiger partial charge in [0.25, 0.3) is 11.9 Å². The standard InChI is InChI=1S/C16H18F3N3O4/c1-2-24-13(23)15(16(17,18)19)20-12(11-7-6-10-25-11)26-14(21-15)22-8-4-3-5-9-22/h6-7,10H,2-5,8-9H2,1H3/t15-/m1/s1. The predicted molar refractivity (Wildman–Crippen MR) is 84.6 cm³/mol. The maximum atomic E-state index is 13.9. The Morgan fingerprint density at radius 2 is 2.04 bits per heavy atom. The van der Waals surface area contributed by atoms with Gasteiger partial charge in [-0.05, 0) is 38.3 Å². The first-order chi connectivity index (χ1) is 12.4. The van der Waals surface area contributed by atoms with Gasteiger partial charge in [-0.2, -0.15) is 23.2 Å². The number of halogens is 3. The molecular weight excluding hydrogens is 355 g/mol. The molecule has 3 rings (SSSR count). The molecule has 1 atom stereocenters. The van der Waals surface area contributed by atoms with E-state index in [1.165, 1.54) is 25.3 Å². The molecule has 26 heavy (non-hydrogen) atoms. The minimum absolute atomic E-state index is 0.0349. The minimum Gasteiger partial charge on any atom is -0.462 e. The van der Waals surface area contributed by atoms with Gasteiger partial charge in [-0.3, -0.25) is 0 Å². The quantitative estimate of drug-likeness (QED) is 0.762. The smallest absolute Gasteiger partial charge is 0.446 e. The number of hydrogen-bond acceptors (Lipinski definition) is 7. The molecule has 0 bridgehead atoms. The van der Waals surface area contributed by atoms with Crippen molar-refractivity contribution in [3.63, 3.8) is 0 Å². The number of furan rings is 1. The largest absolute Gasteiger partial charge is 0.462 e. The van der Waals surface area contributed by atoms with Crippen molar-refractivity contribution in [3.8, 4) is 0 Å². The molecule has 0 radical (unpaired) electrons. The van der Waals surface area contributed by atoms with Gasteiger partial charge in [0.15, 0.2) is 5.76 Å². The summed E-state index contributed by atoms with van der Waals surface area (Å²) in [6.07, 6.45) is -1.30. The van der Waals surface area contributed by atoms with E-state index in [0.29, 0.717) is 13.1 Å². The molecule has 0 saturated carbocycles. The van der Waals surface area contributed by atoms with E-state index in [1.807, 2.05) is 0 Å². The summed E-state index contributed by atoms with van der Waals surface area (Å²) < 4.78 is 56.9. The molecule has 1 aromatic heterocycles. The van der Waals surface area contributed by atoms with Crippen LogP contribution in [0.5, 0.6) is 0 Å². The van der Waals surface area contributed by atoms with E-state index in [0.717, 1.165) is 19.3 Å². The molecule has 1 fully saturated rings. The first-order valence-corrected chi connectivity index (χ1v) is 8.27. The lowest BCUT2D eigenvalue weighted by Crippen LogP contribution is -2.55. The Bertz CT molecular complexity index is 709. The Morgan fingerprint density at radius 3 is 2.62 bits per heavy atom. The molecule has 7 nitrogen and oxygen atoms in total. The third kappa shape index (κ3) is 3.27. The Labute approximate surface area is 147 Å². The topological polar surface area (TPSA) is 76.6 Å². The number of esters is 1. The van der Waals surface area contributed by atoms with Gasteiger partial charge in [-0.1, -0.05) is 0 Å². The second-order valence-corrected chi connectivity index (χ2v) is 5.83. The van der Waals surface area contributed by atoms with Crippen molar-refractivity contribution >= 4 is 17.9 Å². The van der Waals surface area contributed by atoms with Crippen LogP contribution >= 0.6 is 0 Å². The summed E-state index contributed by atoms with van der Waals surface area (Å²) in [5, 5.41) is 0. The maximum absolute atomic E-state index is 13.9. The van der Waals surface area contributed by atoms with Gasteiger partial charge in [-0.25, -0.2) is 4.79 Å². The second kappa shape index (κ2) is 7.00. The fourth-order valence-electron chi connectivity index (χ4n) is 2.73. The molecule has 1 aromatic rings. The zero-order valence-corrected chi connectivity index (χ0v) is 14.1. The molecule has 0 spiro atoms. The first kappa shape index (κ1) is 18.3. The Kier molecular flexibility index (Phi) is 4.92. The molecule has 1 saturated heterocycles. The van der Waals surface area contributed by atoms with Crippen LogP contribution in [0.4, 0.5) is 13.2 Å². The van der Waals surface area contributed by atoms with E-state index >= 15 is 0 Å². The third-order valence-corrected chi connectivity index (χ3v) is 4.02. The summed E-state index contributed by atoms with van der Waals surface area (Å²) in [6, 6.07) is 2.56. The normalized spacial score (nSPS) is 23.8. The van der Waals surface area contributed by atoms with Crippen molar-refractivity contribution in [3.05, 3.63) is 24.2 Å². The van der Waals surface area contributed by atoms with Gasteiger partial charge in [0.1, 0.15) is 0 Å². The summed E-state index contributed by atoms with van der Waals surface area (Å²) in [7, 11) is 0. The van der Waals surface area contributed by atoms with E-state index in [9.17, 15) is 18.0 Å². The predicted octanol–water partition coefficient (Wildman–Crippen LogP) is 2.72. The molecule has 0 unspecified atom stereocenters. The van der Waals surface area contributed by atoms with Gasteiger partial charge in [-0.15, -0.1) is 0 Å². The first-order valence-electron chi connectivity index (χ1n) is 8.27. The lowest BCUT2D eigenvalue weighted by Gasteiger charge is -2.35. The number of alkyl halides is 3. The summed E-state index contributed by atoms with van der Waals surface area (Å²) >= 11 is 0. The van der Waals surface area contributed by atoms with Crippen molar-refractivity contribution in [1.29, 1.82) is 0 Å². The number of carbonyl (C=O) groups is 1. The minimum atomic E-state index is -5.11. The number of rotatable bonds is 3. The van der Waals surface area contributed by atoms with Gasteiger partial charge in [0, 0.05) is 13.1 Å². The van der Waals surface area contributed by atoms with E-state index in [-0.39, 0.29) is 18.4 Å². The van der Waals surface area contributed by atoms with Gasteiger partial charge in [0.2, 0.25) is 0 Å². The van der Waals surface area contributed by atoms with Crippen LogP contribution in [0.2, 0.25) is 0 Å². The van der Waals surface area contributed by atoms with Crippen molar-refractivity contribution < 1.29 is 31.9 Å². The molecule has 0 aliphatic carbocycles. The lowest BCUT2D eigenvalue weighted by molar-refractivity contribution is -0.204. The number of aliphatic imine (C=N–C) groups is 2. The molecule has 142 valence electrons. The fourth-order valence-corrected chi connectivity index (χ4v) is 2.73. The Hall–Kier alpha value is -2.52. The summed E-state index contributed by atoms with van der Waals surface area (Å²) in [6.45, 7) is 2.12. The SMILES string of the molecule is CCOC(=O)[C@@]1(C(F)(F)F)N=C(c2ccco2)OC(N2CCCCC2)=N1. The van der Waals surface area contributed by atoms with Crippen LogP contribution in [-0.2, 0) is 14.3 Å². The Balaban J connectivity index is 2.10. The molecule has 3 heterocycles. The highest BCUT2D eigenvalue weighted by Crippen LogP contribution is 2.39. The summed E-state index contributed by atoms with van der Waals surface area (Å²) in [5.41, 5.74) is -3.42. The van der Waals surface area contributed by atoms with E-state index in [4.69, 9.17) is 9.15 Å². The molecule has 2 aliphatic rings.